The van der Waals surface area contributed by atoms with Crippen molar-refractivity contribution in [3.8, 4) is 0 Å². The van der Waals surface area contributed by atoms with Crippen molar-refractivity contribution < 1.29 is 9.59 Å². The third-order valence-corrected chi connectivity index (χ3v) is 5.21. The lowest BCUT2D eigenvalue weighted by molar-refractivity contribution is -0.139. The van der Waals surface area contributed by atoms with Crippen molar-refractivity contribution in [2.24, 2.45) is 5.41 Å². The molecule has 2 aliphatic heterocycles. The summed E-state index contributed by atoms with van der Waals surface area (Å²) in [6.45, 7) is 7.18. The van der Waals surface area contributed by atoms with Crippen LogP contribution in [0.4, 0.5) is 4.79 Å². The summed E-state index contributed by atoms with van der Waals surface area (Å²) in [7, 11) is 0. The Labute approximate surface area is 148 Å². The van der Waals surface area contributed by atoms with Crippen molar-refractivity contribution in [2.45, 2.75) is 46.1 Å². The summed E-state index contributed by atoms with van der Waals surface area (Å²) >= 11 is 0. The summed E-state index contributed by atoms with van der Waals surface area (Å²) in [5.74, 6) is 0.170. The van der Waals surface area contributed by atoms with Crippen LogP contribution in [-0.4, -0.2) is 57.9 Å². The van der Waals surface area contributed by atoms with Crippen molar-refractivity contribution in [3.63, 3.8) is 0 Å². The Morgan fingerprint density at radius 1 is 1.28 bits per heavy atom. The molecule has 7 heteroatoms. The van der Waals surface area contributed by atoms with Gasteiger partial charge in [-0.2, -0.15) is 0 Å². The summed E-state index contributed by atoms with van der Waals surface area (Å²) in [5, 5.41) is 2.89. The first-order chi connectivity index (χ1) is 12.0. The number of carbonyl (C=O) groups excluding carboxylic acids is 2. The number of hydrogen-bond acceptors (Lipinski definition) is 4. The zero-order valence-electron chi connectivity index (χ0n) is 15.1. The van der Waals surface area contributed by atoms with Crippen LogP contribution >= 0.6 is 0 Å². The maximum absolute atomic E-state index is 12.4. The van der Waals surface area contributed by atoms with E-state index in [1.807, 2.05) is 23.6 Å². The van der Waals surface area contributed by atoms with Crippen LogP contribution in [0, 0.1) is 12.3 Å². The molecule has 3 rings (SSSR count). The van der Waals surface area contributed by atoms with E-state index in [1.54, 1.807) is 12.4 Å². The van der Waals surface area contributed by atoms with Gasteiger partial charge < -0.3 is 15.1 Å². The van der Waals surface area contributed by atoms with Crippen LogP contribution in [0.2, 0.25) is 0 Å². The fourth-order valence-electron chi connectivity index (χ4n) is 3.92. The van der Waals surface area contributed by atoms with Gasteiger partial charge in [0.2, 0.25) is 5.91 Å². The lowest BCUT2D eigenvalue weighted by Gasteiger charge is -2.48. The topological polar surface area (TPSA) is 78.4 Å². The number of amides is 3. The molecule has 2 fully saturated rings. The number of piperidine rings is 2. The van der Waals surface area contributed by atoms with E-state index < -0.39 is 0 Å². The van der Waals surface area contributed by atoms with Gasteiger partial charge in [0, 0.05) is 44.2 Å². The maximum atomic E-state index is 12.4. The molecule has 7 nitrogen and oxygen atoms in total. The molecule has 1 N–H and O–H groups in total. The SMILES string of the molecule is CCNC(=O)N1CCC[C@]2(CCC(=O)N(Cc3cnc(C)cn3)C2)C1. The monoisotopic (exact) mass is 345 g/mol. The largest absolute Gasteiger partial charge is 0.338 e. The van der Waals surface area contributed by atoms with Crippen LogP contribution in [0.5, 0.6) is 0 Å². The third kappa shape index (κ3) is 4.08. The van der Waals surface area contributed by atoms with E-state index >= 15 is 0 Å². The van der Waals surface area contributed by atoms with Gasteiger partial charge in [0.25, 0.3) is 0 Å². The maximum Gasteiger partial charge on any atom is 0.317 e. The van der Waals surface area contributed by atoms with Gasteiger partial charge in [0.05, 0.1) is 24.1 Å². The fraction of sp³-hybridized carbons (Fsp3) is 0.667. The molecule has 0 saturated carbocycles. The third-order valence-electron chi connectivity index (χ3n) is 5.21. The van der Waals surface area contributed by atoms with E-state index in [-0.39, 0.29) is 17.4 Å². The lowest BCUT2D eigenvalue weighted by Crippen LogP contribution is -2.56. The molecule has 0 unspecified atom stereocenters. The second-order valence-corrected chi connectivity index (χ2v) is 7.26. The molecule has 25 heavy (non-hydrogen) atoms. The smallest absolute Gasteiger partial charge is 0.317 e. The Bertz CT molecular complexity index is 633. The second kappa shape index (κ2) is 7.37. The van der Waals surface area contributed by atoms with Gasteiger partial charge in [0.1, 0.15) is 0 Å². The molecule has 2 aliphatic rings. The first-order valence-corrected chi connectivity index (χ1v) is 9.09. The number of rotatable bonds is 3. The van der Waals surface area contributed by atoms with Gasteiger partial charge in [-0.25, -0.2) is 4.79 Å². The molecule has 0 aromatic carbocycles. The van der Waals surface area contributed by atoms with Crippen molar-refractivity contribution in [3.05, 3.63) is 23.8 Å². The van der Waals surface area contributed by atoms with Crippen LogP contribution in [-0.2, 0) is 11.3 Å². The fourth-order valence-corrected chi connectivity index (χ4v) is 3.92. The van der Waals surface area contributed by atoms with Crippen LogP contribution < -0.4 is 5.32 Å². The summed E-state index contributed by atoms with van der Waals surface area (Å²) in [5.41, 5.74) is 1.69. The van der Waals surface area contributed by atoms with Crippen LogP contribution in [0.1, 0.15) is 44.0 Å². The average molecular weight is 345 g/mol. The normalized spacial score (nSPS) is 23.8. The van der Waals surface area contributed by atoms with Crippen molar-refractivity contribution in [2.75, 3.05) is 26.2 Å². The van der Waals surface area contributed by atoms with Gasteiger partial charge in [0.15, 0.2) is 0 Å². The van der Waals surface area contributed by atoms with E-state index in [4.69, 9.17) is 0 Å². The molecule has 2 saturated heterocycles. The molecule has 0 bridgehead atoms. The Morgan fingerprint density at radius 2 is 2.12 bits per heavy atom. The first kappa shape index (κ1) is 17.6. The molecule has 1 spiro atoms. The Kier molecular flexibility index (Phi) is 5.20. The molecule has 136 valence electrons. The van der Waals surface area contributed by atoms with Gasteiger partial charge >= 0.3 is 6.03 Å². The minimum atomic E-state index is 0.00873. The van der Waals surface area contributed by atoms with E-state index in [2.05, 4.69) is 15.3 Å². The predicted molar refractivity (Wildman–Crippen MR) is 93.7 cm³/mol. The zero-order chi connectivity index (χ0) is 17.9. The number of urea groups is 1. The molecule has 1 aromatic rings. The highest BCUT2D eigenvalue weighted by atomic mass is 16.2. The number of aryl methyl sites for hydroxylation is 1. The highest BCUT2D eigenvalue weighted by Gasteiger charge is 2.42. The predicted octanol–water partition coefficient (Wildman–Crippen LogP) is 1.72. The number of hydrogen-bond donors (Lipinski definition) is 1. The first-order valence-electron chi connectivity index (χ1n) is 9.09. The van der Waals surface area contributed by atoms with Crippen molar-refractivity contribution in [1.29, 1.82) is 0 Å². The van der Waals surface area contributed by atoms with E-state index in [1.165, 1.54) is 0 Å². The number of nitrogens with zero attached hydrogens (tertiary/aromatic N) is 4. The van der Waals surface area contributed by atoms with Crippen molar-refractivity contribution in [1.82, 2.24) is 25.1 Å². The van der Waals surface area contributed by atoms with Gasteiger partial charge in [-0.3, -0.25) is 14.8 Å². The molecular weight excluding hydrogens is 318 g/mol. The summed E-state index contributed by atoms with van der Waals surface area (Å²) in [4.78, 5) is 37.1. The molecule has 1 atom stereocenters. The molecular formula is C18H27N5O2. The zero-order valence-corrected chi connectivity index (χ0v) is 15.1. The summed E-state index contributed by atoms with van der Waals surface area (Å²) < 4.78 is 0. The Hall–Kier alpha value is -2.18. The number of aromatic nitrogens is 2. The van der Waals surface area contributed by atoms with Crippen LogP contribution in [0.25, 0.3) is 0 Å². The van der Waals surface area contributed by atoms with Gasteiger partial charge in [-0.05, 0) is 33.1 Å². The standard InChI is InChI=1S/C18H27N5O2/c1-3-19-17(25)22-8-4-6-18(12-22)7-5-16(24)23(13-18)11-15-10-20-14(2)9-21-15/h9-10H,3-8,11-13H2,1-2H3,(H,19,25)/t18-/m0/s1. The van der Waals surface area contributed by atoms with E-state index in [9.17, 15) is 9.59 Å². The van der Waals surface area contributed by atoms with Gasteiger partial charge in [-0.1, -0.05) is 0 Å². The highest BCUT2D eigenvalue weighted by molar-refractivity contribution is 5.77. The number of nitrogens with one attached hydrogen (secondary N) is 1. The van der Waals surface area contributed by atoms with Crippen molar-refractivity contribution >= 4 is 11.9 Å². The minimum absolute atomic E-state index is 0.00873. The second-order valence-electron chi connectivity index (χ2n) is 7.26. The minimum Gasteiger partial charge on any atom is -0.338 e. The van der Waals surface area contributed by atoms with Gasteiger partial charge in [-0.15, -0.1) is 0 Å². The number of likely N-dealkylation sites (tertiary alicyclic amines) is 2. The van der Waals surface area contributed by atoms with Crippen LogP contribution in [0.15, 0.2) is 12.4 Å². The summed E-state index contributed by atoms with van der Waals surface area (Å²) in [6, 6.07) is 0.00873. The molecule has 1 aromatic heterocycles. The molecule has 3 amide bonds. The van der Waals surface area contributed by atoms with E-state index in [0.717, 1.165) is 43.7 Å². The quantitative estimate of drug-likeness (QED) is 0.905. The molecule has 0 aliphatic carbocycles. The number of carbonyl (C=O) groups is 2. The molecule has 0 radical (unpaired) electrons. The summed E-state index contributed by atoms with van der Waals surface area (Å²) in [6.07, 6.45) is 6.93. The van der Waals surface area contributed by atoms with E-state index in [0.29, 0.717) is 26.1 Å². The Morgan fingerprint density at radius 3 is 2.84 bits per heavy atom. The highest BCUT2D eigenvalue weighted by Crippen LogP contribution is 2.39. The average Bonchev–Trinajstić information content (AvgIpc) is 2.61. The Balaban J connectivity index is 1.69. The molecule has 3 heterocycles. The lowest BCUT2D eigenvalue weighted by atomic mass is 9.73. The van der Waals surface area contributed by atoms with Crippen LogP contribution in [0.3, 0.4) is 0 Å².